The molecular weight excluding hydrogens is 553 g/mol. The fourth-order valence-electron chi connectivity index (χ4n) is 4.89. The van der Waals surface area contributed by atoms with Gasteiger partial charge in [-0.05, 0) is 53.4 Å². The van der Waals surface area contributed by atoms with Crippen LogP contribution in [0.5, 0.6) is 0 Å². The topological polar surface area (TPSA) is 132 Å². The van der Waals surface area contributed by atoms with E-state index in [-0.39, 0.29) is 28.9 Å². The Hall–Kier alpha value is -4.80. The molecule has 2 aromatic carbocycles. The number of nitrogens with zero attached hydrogens (tertiary/aromatic N) is 3. The van der Waals surface area contributed by atoms with Crippen molar-refractivity contribution in [2.24, 2.45) is 5.41 Å². The molecule has 0 aliphatic carbocycles. The lowest BCUT2D eigenvalue weighted by atomic mass is 9.91. The average molecular weight is 590 g/mol. The third kappa shape index (κ3) is 8.60. The third-order valence-electron chi connectivity index (χ3n) is 7.02. The molecule has 43 heavy (non-hydrogen) atoms. The predicted molar refractivity (Wildman–Crippen MR) is 160 cm³/mol. The number of amides is 3. The Bertz CT molecular complexity index is 1480. The normalized spacial score (nSPS) is 14.1. The number of pyridine rings is 1. The number of hydrogen-bond donors (Lipinski definition) is 3. The van der Waals surface area contributed by atoms with Gasteiger partial charge >= 0.3 is 5.97 Å². The van der Waals surface area contributed by atoms with Crippen LogP contribution in [-0.2, 0) is 9.59 Å². The number of aliphatic carboxylic acids is 1. The van der Waals surface area contributed by atoms with E-state index in [1.807, 2.05) is 30.6 Å². The first kappa shape index (κ1) is 31.1. The molecule has 0 spiro atoms. The highest BCUT2D eigenvalue weighted by atomic mass is 19.1. The molecule has 1 saturated heterocycles. The first-order valence-electron chi connectivity index (χ1n) is 14.1. The second-order valence-corrected chi connectivity index (χ2v) is 11.7. The zero-order chi connectivity index (χ0) is 31.1. The molecule has 1 unspecified atom stereocenters. The minimum atomic E-state index is -1.09. The Morgan fingerprint density at radius 2 is 1.67 bits per heavy atom. The van der Waals surface area contributed by atoms with Gasteiger partial charge in [0.15, 0.2) is 0 Å². The van der Waals surface area contributed by atoms with Crippen LogP contribution in [0.1, 0.15) is 65.9 Å². The number of carboxylic acid groups (broad SMARTS) is 1. The summed E-state index contributed by atoms with van der Waals surface area (Å²) >= 11 is 0. The summed E-state index contributed by atoms with van der Waals surface area (Å²) in [5.41, 5.74) is 1.67. The van der Waals surface area contributed by atoms with Gasteiger partial charge in [0.1, 0.15) is 5.82 Å². The maximum Gasteiger partial charge on any atom is 0.305 e. The van der Waals surface area contributed by atoms with E-state index >= 15 is 0 Å². The summed E-state index contributed by atoms with van der Waals surface area (Å²) < 4.78 is 13.8. The first-order chi connectivity index (χ1) is 20.4. The molecule has 1 aliphatic rings. The number of carbonyl (C=O) groups excluding carboxylic acids is 3. The number of carboxylic acids is 1. The minimum absolute atomic E-state index is 0.0864. The third-order valence-corrected chi connectivity index (χ3v) is 7.02. The minimum Gasteiger partial charge on any atom is -0.481 e. The molecule has 1 atom stereocenters. The maximum atomic E-state index is 13.8. The molecule has 1 aromatic heterocycles. The van der Waals surface area contributed by atoms with Gasteiger partial charge in [-0.3, -0.25) is 24.2 Å². The van der Waals surface area contributed by atoms with E-state index in [2.05, 4.69) is 15.6 Å². The fraction of sp³-hybridized carbons (Fsp3) is 0.344. The number of anilines is 2. The number of nitrogens with one attached hydrogen (secondary N) is 2. The number of rotatable bonds is 9. The van der Waals surface area contributed by atoms with Crippen LogP contribution in [0.3, 0.4) is 0 Å². The van der Waals surface area contributed by atoms with Crippen molar-refractivity contribution in [3.8, 4) is 0 Å². The van der Waals surface area contributed by atoms with E-state index in [9.17, 15) is 28.7 Å². The average Bonchev–Trinajstić information content (AvgIpc) is 2.96. The molecule has 0 saturated carbocycles. The molecular formula is C32H36FN5O5. The molecule has 2 heterocycles. The van der Waals surface area contributed by atoms with Gasteiger partial charge < -0.3 is 25.5 Å². The van der Waals surface area contributed by atoms with Gasteiger partial charge in [0, 0.05) is 56.1 Å². The van der Waals surface area contributed by atoms with Gasteiger partial charge in [-0.1, -0.05) is 32.9 Å². The molecule has 4 rings (SSSR count). The van der Waals surface area contributed by atoms with Crippen molar-refractivity contribution < 1.29 is 28.7 Å². The zero-order valence-corrected chi connectivity index (χ0v) is 24.5. The van der Waals surface area contributed by atoms with Crippen LogP contribution in [0.2, 0.25) is 0 Å². The van der Waals surface area contributed by atoms with E-state index in [1.54, 1.807) is 30.5 Å². The van der Waals surface area contributed by atoms with Crippen LogP contribution in [0.4, 0.5) is 15.8 Å². The molecule has 1 aliphatic heterocycles. The van der Waals surface area contributed by atoms with Gasteiger partial charge in [-0.2, -0.15) is 0 Å². The highest BCUT2D eigenvalue weighted by Gasteiger charge is 2.27. The van der Waals surface area contributed by atoms with Crippen molar-refractivity contribution >= 4 is 35.1 Å². The summed E-state index contributed by atoms with van der Waals surface area (Å²) in [6, 6.07) is 12.6. The van der Waals surface area contributed by atoms with E-state index in [0.29, 0.717) is 49.5 Å². The van der Waals surface area contributed by atoms with E-state index in [4.69, 9.17) is 0 Å². The summed E-state index contributed by atoms with van der Waals surface area (Å²) in [4.78, 5) is 58.6. The van der Waals surface area contributed by atoms with Crippen molar-refractivity contribution in [1.82, 2.24) is 15.2 Å². The molecule has 3 aromatic rings. The summed E-state index contributed by atoms with van der Waals surface area (Å²) in [7, 11) is 0. The summed E-state index contributed by atoms with van der Waals surface area (Å²) in [6.07, 6.45) is 3.13. The summed E-state index contributed by atoms with van der Waals surface area (Å²) in [5, 5.41) is 15.0. The second-order valence-electron chi connectivity index (χ2n) is 11.7. The largest absolute Gasteiger partial charge is 0.481 e. The van der Waals surface area contributed by atoms with Gasteiger partial charge in [0.05, 0.1) is 23.8 Å². The van der Waals surface area contributed by atoms with Crippen molar-refractivity contribution in [2.75, 3.05) is 36.4 Å². The molecule has 0 bridgehead atoms. The molecule has 10 nitrogen and oxygen atoms in total. The lowest BCUT2D eigenvalue weighted by Crippen LogP contribution is -2.49. The van der Waals surface area contributed by atoms with Crippen molar-refractivity contribution in [3.63, 3.8) is 0 Å². The highest BCUT2D eigenvalue weighted by molar-refractivity contribution is 6.07. The second kappa shape index (κ2) is 13.5. The van der Waals surface area contributed by atoms with Crippen LogP contribution in [0.15, 0.2) is 67.0 Å². The Morgan fingerprint density at radius 1 is 0.953 bits per heavy atom. The van der Waals surface area contributed by atoms with Crippen LogP contribution >= 0.6 is 0 Å². The number of halogens is 1. The van der Waals surface area contributed by atoms with Crippen LogP contribution in [0, 0.1) is 11.2 Å². The van der Waals surface area contributed by atoms with E-state index in [0.717, 1.165) is 6.07 Å². The Kier molecular flexibility index (Phi) is 9.74. The monoisotopic (exact) mass is 589 g/mol. The summed E-state index contributed by atoms with van der Waals surface area (Å²) in [5.74, 6) is -2.66. The van der Waals surface area contributed by atoms with Crippen LogP contribution in [0.25, 0.3) is 0 Å². The Morgan fingerprint density at radius 3 is 2.30 bits per heavy atom. The van der Waals surface area contributed by atoms with Gasteiger partial charge in [0.25, 0.3) is 11.8 Å². The van der Waals surface area contributed by atoms with Gasteiger partial charge in [-0.25, -0.2) is 4.39 Å². The fourth-order valence-corrected chi connectivity index (χ4v) is 4.89. The Labute approximate surface area is 249 Å². The summed E-state index contributed by atoms with van der Waals surface area (Å²) in [6.45, 7) is 8.07. The number of hydrogen-bond acceptors (Lipinski definition) is 6. The predicted octanol–water partition coefficient (Wildman–Crippen LogP) is 4.50. The quantitative estimate of drug-likeness (QED) is 0.335. The lowest BCUT2D eigenvalue weighted by Gasteiger charge is -2.38. The Balaban J connectivity index is 1.59. The zero-order valence-electron chi connectivity index (χ0n) is 24.5. The highest BCUT2D eigenvalue weighted by Crippen LogP contribution is 2.30. The molecule has 11 heteroatoms. The number of piperazine rings is 1. The molecule has 1 fully saturated rings. The van der Waals surface area contributed by atoms with E-state index < -0.39 is 29.6 Å². The first-order valence-corrected chi connectivity index (χ1v) is 14.1. The van der Waals surface area contributed by atoms with E-state index in [1.165, 1.54) is 30.5 Å². The molecule has 3 N–H and O–H groups in total. The number of aromatic nitrogens is 1. The SMILES string of the molecule is CC(C)(C)CC(=O)N1CCN(c2ccc(C(=O)NC(CC(=O)O)c3cccnc3)cc2NC(=O)c2cccc(F)c2)CC1. The number of benzene rings is 2. The van der Waals surface area contributed by atoms with Gasteiger partial charge in [-0.15, -0.1) is 0 Å². The smallest absolute Gasteiger partial charge is 0.305 e. The van der Waals surface area contributed by atoms with Crippen molar-refractivity contribution in [1.29, 1.82) is 0 Å². The van der Waals surface area contributed by atoms with Crippen LogP contribution in [-0.4, -0.2) is 64.9 Å². The van der Waals surface area contributed by atoms with Gasteiger partial charge in [0.2, 0.25) is 5.91 Å². The van der Waals surface area contributed by atoms with Crippen LogP contribution < -0.4 is 15.5 Å². The van der Waals surface area contributed by atoms with Crippen molar-refractivity contribution in [2.45, 2.75) is 39.7 Å². The molecule has 3 amide bonds. The standard InChI is InChI=1S/C32H36FN5O5/c1-32(2,3)19-28(39)38-14-12-37(13-15-38)27-10-9-22(17-26(27)36-30(42)21-6-4-8-24(33)16-21)31(43)35-25(18-29(40)41)23-7-5-11-34-20-23/h4-11,16-17,20,25H,12-15,18-19H2,1-3H3,(H,35,43)(H,36,42)(H,40,41). The van der Waals surface area contributed by atoms with Crippen molar-refractivity contribution in [3.05, 3.63) is 89.5 Å². The molecule has 0 radical (unpaired) electrons. The maximum absolute atomic E-state index is 13.8. The lowest BCUT2D eigenvalue weighted by molar-refractivity contribution is -0.137. The number of carbonyl (C=O) groups is 4. The molecule has 226 valence electrons.